The van der Waals surface area contributed by atoms with Crippen LogP contribution in [0.1, 0.15) is 45.4 Å². The SMILES string of the molecule is C#CCN(CC1CC1)CC1(CCC)CCNCC1. The van der Waals surface area contributed by atoms with Crippen molar-refractivity contribution in [3.8, 4) is 12.3 Å². The van der Waals surface area contributed by atoms with Crippen molar-refractivity contribution in [3.63, 3.8) is 0 Å². The van der Waals surface area contributed by atoms with Crippen molar-refractivity contribution in [2.75, 3.05) is 32.7 Å². The van der Waals surface area contributed by atoms with Crippen molar-refractivity contribution in [3.05, 3.63) is 0 Å². The summed E-state index contributed by atoms with van der Waals surface area (Å²) >= 11 is 0. The van der Waals surface area contributed by atoms with Crippen molar-refractivity contribution in [1.82, 2.24) is 10.2 Å². The van der Waals surface area contributed by atoms with Gasteiger partial charge in [0.15, 0.2) is 0 Å². The molecule has 1 N–H and O–H groups in total. The summed E-state index contributed by atoms with van der Waals surface area (Å²) in [6.45, 7) is 8.00. The molecule has 2 fully saturated rings. The molecule has 0 aromatic rings. The van der Waals surface area contributed by atoms with Gasteiger partial charge in [-0.3, -0.25) is 4.90 Å². The van der Waals surface area contributed by atoms with Crippen molar-refractivity contribution in [2.24, 2.45) is 11.3 Å². The van der Waals surface area contributed by atoms with Crippen LogP contribution in [0.25, 0.3) is 0 Å². The average Bonchev–Trinajstić information content (AvgIpc) is 3.14. The van der Waals surface area contributed by atoms with Gasteiger partial charge >= 0.3 is 0 Å². The number of hydrogen-bond acceptors (Lipinski definition) is 2. The fourth-order valence-corrected chi connectivity index (χ4v) is 3.43. The maximum atomic E-state index is 5.54. The van der Waals surface area contributed by atoms with Gasteiger partial charge in [-0.05, 0) is 56.5 Å². The molecule has 102 valence electrons. The Morgan fingerprint density at radius 3 is 2.61 bits per heavy atom. The van der Waals surface area contributed by atoms with Gasteiger partial charge in [-0.15, -0.1) is 6.42 Å². The van der Waals surface area contributed by atoms with E-state index in [-0.39, 0.29) is 0 Å². The second-order valence-corrected chi connectivity index (χ2v) is 6.32. The van der Waals surface area contributed by atoms with Crippen LogP contribution in [0.5, 0.6) is 0 Å². The zero-order chi connectivity index (χ0) is 12.8. The van der Waals surface area contributed by atoms with Crippen LogP contribution < -0.4 is 5.32 Å². The lowest BCUT2D eigenvalue weighted by Crippen LogP contribution is -2.45. The van der Waals surface area contributed by atoms with Crippen LogP contribution in [0.15, 0.2) is 0 Å². The first-order valence-electron chi connectivity index (χ1n) is 7.64. The standard InChI is InChI=1S/C16H28N2/c1-3-7-16(8-10-17-11-9-16)14-18(12-4-2)13-15-5-6-15/h2,15,17H,3,5-14H2,1H3. The molecule has 1 aliphatic heterocycles. The highest BCUT2D eigenvalue weighted by molar-refractivity contribution is 4.94. The summed E-state index contributed by atoms with van der Waals surface area (Å²) < 4.78 is 0. The molecule has 0 aromatic heterocycles. The number of rotatable bonds is 7. The molecule has 0 aromatic carbocycles. The van der Waals surface area contributed by atoms with Crippen LogP contribution >= 0.6 is 0 Å². The zero-order valence-corrected chi connectivity index (χ0v) is 11.9. The molecular formula is C16H28N2. The fourth-order valence-electron chi connectivity index (χ4n) is 3.43. The average molecular weight is 248 g/mol. The molecule has 1 heterocycles. The monoisotopic (exact) mass is 248 g/mol. The van der Waals surface area contributed by atoms with Crippen LogP contribution in [-0.2, 0) is 0 Å². The number of piperidine rings is 1. The Bertz CT molecular complexity index is 276. The lowest BCUT2D eigenvalue weighted by molar-refractivity contribution is 0.106. The van der Waals surface area contributed by atoms with Gasteiger partial charge in [0.2, 0.25) is 0 Å². The number of nitrogens with zero attached hydrogens (tertiary/aromatic N) is 1. The summed E-state index contributed by atoms with van der Waals surface area (Å²) in [7, 11) is 0. The molecule has 0 radical (unpaired) electrons. The Hall–Kier alpha value is -0.520. The minimum absolute atomic E-state index is 0.533. The van der Waals surface area contributed by atoms with Gasteiger partial charge < -0.3 is 5.32 Å². The largest absolute Gasteiger partial charge is 0.317 e. The van der Waals surface area contributed by atoms with E-state index in [1.807, 2.05) is 0 Å². The summed E-state index contributed by atoms with van der Waals surface area (Å²) in [5, 5.41) is 3.50. The van der Waals surface area contributed by atoms with Crippen LogP contribution in [-0.4, -0.2) is 37.6 Å². The molecule has 2 heteroatoms. The van der Waals surface area contributed by atoms with E-state index >= 15 is 0 Å². The smallest absolute Gasteiger partial charge is 0.0599 e. The van der Waals surface area contributed by atoms with E-state index < -0.39 is 0 Å². The van der Waals surface area contributed by atoms with Gasteiger partial charge in [-0.2, -0.15) is 0 Å². The highest BCUT2D eigenvalue weighted by Crippen LogP contribution is 2.36. The fraction of sp³-hybridized carbons (Fsp3) is 0.875. The third-order valence-corrected chi connectivity index (χ3v) is 4.53. The number of nitrogens with one attached hydrogen (secondary N) is 1. The molecule has 1 aliphatic carbocycles. The summed E-state index contributed by atoms with van der Waals surface area (Å²) in [5.74, 6) is 3.80. The molecule has 0 amide bonds. The Morgan fingerprint density at radius 2 is 2.06 bits per heavy atom. The Balaban J connectivity index is 1.93. The summed E-state index contributed by atoms with van der Waals surface area (Å²) in [6, 6.07) is 0. The van der Waals surface area contributed by atoms with Crippen molar-refractivity contribution < 1.29 is 0 Å². The lowest BCUT2D eigenvalue weighted by atomic mass is 9.75. The number of hydrogen-bond donors (Lipinski definition) is 1. The Labute approximate surface area is 113 Å². The van der Waals surface area contributed by atoms with E-state index in [0.717, 1.165) is 12.5 Å². The molecule has 0 bridgehead atoms. The van der Waals surface area contributed by atoms with Crippen LogP contribution in [0.3, 0.4) is 0 Å². The van der Waals surface area contributed by atoms with E-state index in [9.17, 15) is 0 Å². The van der Waals surface area contributed by atoms with E-state index in [2.05, 4.69) is 23.1 Å². The molecule has 2 nitrogen and oxygen atoms in total. The molecule has 18 heavy (non-hydrogen) atoms. The summed E-state index contributed by atoms with van der Waals surface area (Å²) in [6.07, 6.45) is 13.7. The highest BCUT2D eigenvalue weighted by atomic mass is 15.1. The van der Waals surface area contributed by atoms with Gasteiger partial charge in [-0.1, -0.05) is 19.3 Å². The first kappa shape index (κ1) is 13.9. The van der Waals surface area contributed by atoms with E-state index in [4.69, 9.17) is 6.42 Å². The molecule has 0 spiro atoms. The second-order valence-electron chi connectivity index (χ2n) is 6.32. The van der Waals surface area contributed by atoms with E-state index in [1.165, 1.54) is 64.7 Å². The van der Waals surface area contributed by atoms with Gasteiger partial charge in [0.05, 0.1) is 6.54 Å². The zero-order valence-electron chi connectivity index (χ0n) is 11.9. The van der Waals surface area contributed by atoms with E-state index in [0.29, 0.717) is 5.41 Å². The molecule has 1 saturated heterocycles. The minimum atomic E-state index is 0.533. The van der Waals surface area contributed by atoms with Crippen molar-refractivity contribution >= 4 is 0 Å². The van der Waals surface area contributed by atoms with Gasteiger partial charge in [0.1, 0.15) is 0 Å². The third-order valence-electron chi connectivity index (χ3n) is 4.53. The third kappa shape index (κ3) is 4.00. The van der Waals surface area contributed by atoms with Crippen LogP contribution in [0.4, 0.5) is 0 Å². The first-order valence-corrected chi connectivity index (χ1v) is 7.64. The maximum absolute atomic E-state index is 5.54. The van der Waals surface area contributed by atoms with Crippen LogP contribution in [0.2, 0.25) is 0 Å². The van der Waals surface area contributed by atoms with Crippen molar-refractivity contribution in [2.45, 2.75) is 45.4 Å². The summed E-state index contributed by atoms with van der Waals surface area (Å²) in [4.78, 5) is 2.55. The molecule has 2 rings (SSSR count). The normalized spacial score (nSPS) is 22.9. The quantitative estimate of drug-likeness (QED) is 0.696. The Morgan fingerprint density at radius 1 is 1.33 bits per heavy atom. The molecule has 0 unspecified atom stereocenters. The first-order chi connectivity index (χ1) is 8.78. The maximum Gasteiger partial charge on any atom is 0.0599 e. The second kappa shape index (κ2) is 6.59. The number of terminal acetylenes is 1. The Kier molecular flexibility index (Phi) is 5.09. The lowest BCUT2D eigenvalue weighted by Gasteiger charge is -2.41. The minimum Gasteiger partial charge on any atom is -0.317 e. The molecular weight excluding hydrogens is 220 g/mol. The van der Waals surface area contributed by atoms with Crippen LogP contribution in [0, 0.1) is 23.7 Å². The predicted octanol–water partition coefficient (Wildman–Crippen LogP) is 2.50. The summed E-state index contributed by atoms with van der Waals surface area (Å²) in [5.41, 5.74) is 0.533. The molecule has 1 saturated carbocycles. The van der Waals surface area contributed by atoms with Gasteiger partial charge in [0.25, 0.3) is 0 Å². The van der Waals surface area contributed by atoms with Gasteiger partial charge in [-0.25, -0.2) is 0 Å². The molecule has 2 aliphatic rings. The van der Waals surface area contributed by atoms with E-state index in [1.54, 1.807) is 0 Å². The topological polar surface area (TPSA) is 15.3 Å². The van der Waals surface area contributed by atoms with Gasteiger partial charge in [0, 0.05) is 13.1 Å². The molecule has 0 atom stereocenters. The van der Waals surface area contributed by atoms with Crippen molar-refractivity contribution in [1.29, 1.82) is 0 Å². The highest BCUT2D eigenvalue weighted by Gasteiger charge is 2.34. The predicted molar refractivity (Wildman–Crippen MR) is 77.4 cm³/mol.